The standard InChI is InChI=1S/C29H36N6O3S/c1-5-6-24(36)34-8-7-29(4,17-34)35-15-22(16-35)21-13-19(2)26-23(14-21)32-27-25(20(3)38-26)28(31-18-30-27)33-9-11-39(37)12-10-33/h13-14,18,20,22H,7-12,15-17H2,1-4H3,(H,30,31,32). The zero-order valence-electron chi connectivity index (χ0n) is 23.1. The Kier molecular flexibility index (Phi) is 6.76. The monoisotopic (exact) mass is 548 g/mol. The van der Waals surface area contributed by atoms with E-state index in [1.807, 2.05) is 11.8 Å². The van der Waals surface area contributed by atoms with Crippen LogP contribution in [0.4, 0.5) is 17.3 Å². The predicted molar refractivity (Wildman–Crippen MR) is 153 cm³/mol. The molecule has 39 heavy (non-hydrogen) atoms. The van der Waals surface area contributed by atoms with E-state index in [1.165, 1.54) is 5.56 Å². The minimum Gasteiger partial charge on any atom is -0.483 e. The van der Waals surface area contributed by atoms with Crippen LogP contribution < -0.4 is 15.0 Å². The molecular weight excluding hydrogens is 512 g/mol. The van der Waals surface area contributed by atoms with Gasteiger partial charge in [-0.15, -0.1) is 0 Å². The minimum atomic E-state index is -0.756. The van der Waals surface area contributed by atoms with Crippen molar-refractivity contribution in [1.82, 2.24) is 19.8 Å². The molecule has 10 heteroatoms. The zero-order chi connectivity index (χ0) is 27.3. The Morgan fingerprint density at radius 1 is 1.21 bits per heavy atom. The average Bonchev–Trinajstić information content (AvgIpc) is 3.21. The van der Waals surface area contributed by atoms with E-state index in [-0.39, 0.29) is 17.6 Å². The molecule has 3 fully saturated rings. The first kappa shape index (κ1) is 26.1. The van der Waals surface area contributed by atoms with E-state index in [2.05, 4.69) is 62.9 Å². The Hall–Kier alpha value is -3.16. The van der Waals surface area contributed by atoms with Crippen LogP contribution in [-0.4, -0.2) is 86.2 Å². The number of aryl methyl sites for hydroxylation is 1. The zero-order valence-corrected chi connectivity index (χ0v) is 23.9. The fourth-order valence-corrected chi connectivity index (χ4v) is 7.36. The van der Waals surface area contributed by atoms with Gasteiger partial charge in [0.15, 0.2) is 0 Å². The van der Waals surface area contributed by atoms with Gasteiger partial charge in [0.1, 0.15) is 29.8 Å². The molecule has 0 radical (unpaired) electrons. The van der Waals surface area contributed by atoms with Crippen molar-refractivity contribution < 1.29 is 13.7 Å². The highest BCUT2D eigenvalue weighted by Crippen LogP contribution is 2.45. The molecule has 5 heterocycles. The van der Waals surface area contributed by atoms with Crippen molar-refractivity contribution in [2.24, 2.45) is 0 Å². The quantitative estimate of drug-likeness (QED) is 0.586. The lowest BCUT2D eigenvalue weighted by Gasteiger charge is -2.49. The van der Waals surface area contributed by atoms with Gasteiger partial charge in [0, 0.05) is 73.0 Å². The van der Waals surface area contributed by atoms with Crippen molar-refractivity contribution in [2.45, 2.75) is 51.7 Å². The molecule has 3 saturated heterocycles. The summed E-state index contributed by atoms with van der Waals surface area (Å²) in [4.78, 5) is 28.1. The molecule has 0 spiro atoms. The highest BCUT2D eigenvalue weighted by atomic mass is 32.2. The molecular formula is C29H36N6O3S. The van der Waals surface area contributed by atoms with Gasteiger partial charge in [-0.2, -0.15) is 0 Å². The Balaban J connectivity index is 1.21. The molecule has 206 valence electrons. The van der Waals surface area contributed by atoms with Crippen molar-refractivity contribution in [2.75, 3.05) is 61.0 Å². The number of nitrogens with zero attached hydrogens (tertiary/aromatic N) is 5. The van der Waals surface area contributed by atoms with Crippen molar-refractivity contribution in [3.8, 4) is 17.6 Å². The third kappa shape index (κ3) is 4.76. The normalized spacial score (nSPS) is 25.4. The topological polar surface area (TPSA) is 90.9 Å². The summed E-state index contributed by atoms with van der Waals surface area (Å²) in [5, 5.41) is 3.58. The number of benzene rings is 1. The van der Waals surface area contributed by atoms with Crippen molar-refractivity contribution in [1.29, 1.82) is 0 Å². The molecule has 1 aromatic carbocycles. The second-order valence-corrected chi connectivity index (χ2v) is 13.0. The summed E-state index contributed by atoms with van der Waals surface area (Å²) in [6.07, 6.45) is 2.35. The van der Waals surface area contributed by atoms with Crippen molar-refractivity contribution in [3.05, 3.63) is 35.2 Å². The lowest BCUT2D eigenvalue weighted by atomic mass is 9.84. The molecule has 9 nitrogen and oxygen atoms in total. The smallest absolute Gasteiger partial charge is 0.298 e. The maximum absolute atomic E-state index is 12.3. The Morgan fingerprint density at radius 2 is 1.97 bits per heavy atom. The fraction of sp³-hybridized carbons (Fsp3) is 0.552. The Labute approximate surface area is 232 Å². The fourth-order valence-electron chi connectivity index (χ4n) is 6.30. The van der Waals surface area contributed by atoms with Crippen LogP contribution in [-0.2, 0) is 15.6 Å². The number of carbonyl (C=O) groups is 1. The van der Waals surface area contributed by atoms with E-state index >= 15 is 0 Å². The second-order valence-electron chi connectivity index (χ2n) is 11.3. The lowest BCUT2D eigenvalue weighted by Crippen LogP contribution is -2.58. The first-order valence-corrected chi connectivity index (χ1v) is 15.2. The molecule has 0 aliphatic carbocycles. The van der Waals surface area contributed by atoms with Crippen LogP contribution in [0.5, 0.6) is 5.75 Å². The maximum atomic E-state index is 12.3. The van der Waals surface area contributed by atoms with Crippen LogP contribution >= 0.6 is 0 Å². The van der Waals surface area contributed by atoms with Crippen LogP contribution in [0.25, 0.3) is 0 Å². The van der Waals surface area contributed by atoms with Crippen LogP contribution in [0, 0.1) is 18.8 Å². The summed E-state index contributed by atoms with van der Waals surface area (Å²) in [5.74, 6) is 9.55. The van der Waals surface area contributed by atoms with Crippen LogP contribution in [0.3, 0.4) is 0 Å². The molecule has 4 aliphatic rings. The Morgan fingerprint density at radius 3 is 2.72 bits per heavy atom. The summed E-state index contributed by atoms with van der Waals surface area (Å²) in [5.41, 5.74) is 4.25. The Bertz CT molecular complexity index is 1390. The summed E-state index contributed by atoms with van der Waals surface area (Å²) in [6, 6.07) is 4.46. The minimum absolute atomic E-state index is 0.00752. The molecule has 2 atom stereocenters. The highest BCUT2D eigenvalue weighted by molar-refractivity contribution is 7.85. The molecule has 2 unspecified atom stereocenters. The van der Waals surface area contributed by atoms with Gasteiger partial charge in [0.05, 0.1) is 11.3 Å². The molecule has 1 aromatic heterocycles. The summed E-state index contributed by atoms with van der Waals surface area (Å²) in [6.45, 7) is 13.0. The van der Waals surface area contributed by atoms with E-state index < -0.39 is 10.8 Å². The molecule has 1 N–H and O–H groups in total. The number of carbonyl (C=O) groups excluding carboxylic acids is 1. The van der Waals surface area contributed by atoms with Gasteiger partial charge in [0.25, 0.3) is 5.91 Å². The van der Waals surface area contributed by atoms with E-state index in [9.17, 15) is 9.00 Å². The number of likely N-dealkylation sites (tertiary alicyclic amines) is 2. The third-order valence-corrected chi connectivity index (χ3v) is 9.95. The third-order valence-electron chi connectivity index (χ3n) is 8.68. The first-order chi connectivity index (χ1) is 18.8. The summed E-state index contributed by atoms with van der Waals surface area (Å²) in [7, 11) is -0.756. The largest absolute Gasteiger partial charge is 0.483 e. The molecule has 0 saturated carbocycles. The van der Waals surface area contributed by atoms with Gasteiger partial charge in [-0.25, -0.2) is 9.97 Å². The van der Waals surface area contributed by atoms with Crippen molar-refractivity contribution in [3.63, 3.8) is 0 Å². The summed E-state index contributed by atoms with van der Waals surface area (Å²) >= 11 is 0. The molecule has 6 rings (SSSR count). The number of rotatable bonds is 3. The number of ether oxygens (including phenoxy) is 1. The van der Waals surface area contributed by atoms with Crippen LogP contribution in [0.1, 0.15) is 55.9 Å². The number of aromatic nitrogens is 2. The maximum Gasteiger partial charge on any atom is 0.298 e. The lowest BCUT2D eigenvalue weighted by molar-refractivity contribution is -0.124. The van der Waals surface area contributed by atoms with E-state index in [4.69, 9.17) is 4.74 Å². The molecule has 4 aliphatic heterocycles. The number of amides is 1. The SMILES string of the molecule is CC#CC(=O)N1CCC(C)(N2CC(c3cc(C)c4c(c3)Nc3ncnc(N5CCS(=O)CC5)c3C(C)O4)C2)C1. The number of fused-ring (bicyclic) bond motifs is 2. The van der Waals surface area contributed by atoms with Crippen LogP contribution in [0.15, 0.2) is 18.5 Å². The van der Waals surface area contributed by atoms with Gasteiger partial charge in [-0.1, -0.05) is 12.0 Å². The highest BCUT2D eigenvalue weighted by Gasteiger charge is 2.46. The van der Waals surface area contributed by atoms with Gasteiger partial charge in [0.2, 0.25) is 0 Å². The van der Waals surface area contributed by atoms with Gasteiger partial charge in [-0.3, -0.25) is 13.9 Å². The average molecular weight is 549 g/mol. The summed E-state index contributed by atoms with van der Waals surface area (Å²) < 4.78 is 18.5. The van der Waals surface area contributed by atoms with Crippen molar-refractivity contribution >= 4 is 34.0 Å². The van der Waals surface area contributed by atoms with Gasteiger partial charge < -0.3 is 19.9 Å². The number of anilines is 3. The molecule has 0 bridgehead atoms. The van der Waals surface area contributed by atoms with Crippen LogP contribution in [0.2, 0.25) is 0 Å². The number of nitrogens with one attached hydrogen (secondary N) is 1. The molecule has 1 amide bonds. The predicted octanol–water partition coefficient (Wildman–Crippen LogP) is 2.96. The van der Waals surface area contributed by atoms with Gasteiger partial charge in [-0.05, 0) is 57.2 Å². The van der Waals surface area contributed by atoms with Gasteiger partial charge >= 0.3 is 0 Å². The number of hydrogen-bond acceptors (Lipinski definition) is 8. The molecule has 2 aromatic rings. The second kappa shape index (κ2) is 10.1. The first-order valence-electron chi connectivity index (χ1n) is 13.8. The van der Waals surface area contributed by atoms with E-state index in [1.54, 1.807) is 13.3 Å². The van der Waals surface area contributed by atoms with E-state index in [0.717, 1.165) is 66.8 Å². The number of hydrogen-bond donors (Lipinski definition) is 1. The van der Waals surface area contributed by atoms with E-state index in [0.29, 0.717) is 30.5 Å².